The molecule has 2 saturated heterocycles. The number of nitrogens with two attached hydrogens (primary N) is 1. The van der Waals surface area contributed by atoms with Crippen LogP contribution in [0.4, 0.5) is 23.0 Å². The average molecular weight is 504 g/mol. The first kappa shape index (κ1) is 23.7. The van der Waals surface area contributed by atoms with Gasteiger partial charge in [-0.15, -0.1) is 0 Å². The van der Waals surface area contributed by atoms with Crippen LogP contribution in [0.25, 0.3) is 11.4 Å². The van der Waals surface area contributed by atoms with Crippen LogP contribution in [0.5, 0.6) is 0 Å². The van der Waals surface area contributed by atoms with E-state index in [9.17, 15) is 4.79 Å². The fourth-order valence-electron chi connectivity index (χ4n) is 5.25. The van der Waals surface area contributed by atoms with E-state index in [1.54, 1.807) is 12.3 Å². The van der Waals surface area contributed by atoms with Crippen LogP contribution in [0.3, 0.4) is 0 Å². The fourth-order valence-corrected chi connectivity index (χ4v) is 5.25. The van der Waals surface area contributed by atoms with Gasteiger partial charge in [0.25, 0.3) is 5.91 Å². The first-order chi connectivity index (χ1) is 18.0. The van der Waals surface area contributed by atoms with Crippen LogP contribution in [-0.2, 0) is 4.74 Å². The Hall–Kier alpha value is -3.70. The molecule has 0 radical (unpaired) electrons. The van der Waals surface area contributed by atoms with Crippen LogP contribution in [0.1, 0.15) is 29.8 Å². The molecule has 1 saturated carbocycles. The Bertz CT molecular complexity index is 1250. The Labute approximate surface area is 215 Å². The summed E-state index contributed by atoms with van der Waals surface area (Å²) in [5.41, 5.74) is 9.13. The zero-order valence-electron chi connectivity index (χ0n) is 21.0. The largest absolute Gasteiger partial charge is 0.381 e. The van der Waals surface area contributed by atoms with Crippen molar-refractivity contribution in [2.45, 2.75) is 25.3 Å². The highest BCUT2D eigenvalue weighted by Gasteiger charge is 2.51. The van der Waals surface area contributed by atoms with E-state index in [2.05, 4.69) is 54.8 Å². The van der Waals surface area contributed by atoms with Gasteiger partial charge in [-0.25, -0.2) is 9.97 Å². The highest BCUT2D eigenvalue weighted by molar-refractivity contribution is 5.97. The van der Waals surface area contributed by atoms with Crippen molar-refractivity contribution in [2.75, 3.05) is 62.0 Å². The minimum Gasteiger partial charge on any atom is -0.381 e. The third-order valence-corrected chi connectivity index (χ3v) is 7.77. The topological polar surface area (TPSA) is 137 Å². The summed E-state index contributed by atoms with van der Waals surface area (Å²) < 4.78 is 5.76. The summed E-state index contributed by atoms with van der Waals surface area (Å²) in [6.45, 7) is 5.55. The summed E-state index contributed by atoms with van der Waals surface area (Å²) in [6.07, 6.45) is 4.79. The molecule has 11 heteroatoms. The van der Waals surface area contributed by atoms with Crippen molar-refractivity contribution < 1.29 is 9.53 Å². The standard InChI is InChI=1S/C26H33N9O2/c1-34-11-13-35(14-12-34)18-4-2-17(3-5-18)29-25-22(23(27)36)31-21(19-6-10-28-33-19)24(32-25)30-20-7-15-37-16-26(20)8-9-26/h2-6,10,20H,7-9,11-16H2,1H3,(H2,27,36)(H,28,33)(H2,29,30,32). The summed E-state index contributed by atoms with van der Waals surface area (Å²) in [7, 11) is 2.15. The average Bonchev–Trinajstić information content (AvgIpc) is 3.45. The number of carbonyl (C=O) groups excluding carboxylic acids is 1. The highest BCUT2D eigenvalue weighted by Crippen LogP contribution is 2.52. The molecule has 1 aliphatic carbocycles. The summed E-state index contributed by atoms with van der Waals surface area (Å²) in [5, 5.41) is 13.9. The lowest BCUT2D eigenvalue weighted by molar-refractivity contribution is 0.0351. The predicted octanol–water partition coefficient (Wildman–Crippen LogP) is 2.44. The van der Waals surface area contributed by atoms with Gasteiger partial charge in [0.15, 0.2) is 17.3 Å². The number of primary amides is 1. The zero-order valence-corrected chi connectivity index (χ0v) is 21.0. The number of aromatic nitrogens is 4. The maximum atomic E-state index is 12.4. The normalized spacial score (nSPS) is 21.1. The van der Waals surface area contributed by atoms with Crippen LogP contribution in [0.2, 0.25) is 0 Å². The molecule has 1 atom stereocenters. The van der Waals surface area contributed by atoms with Gasteiger partial charge < -0.3 is 30.9 Å². The number of nitrogens with zero attached hydrogens (tertiary/aromatic N) is 5. The second-order valence-corrected chi connectivity index (χ2v) is 10.3. The number of hydrogen-bond donors (Lipinski definition) is 4. The predicted molar refractivity (Wildman–Crippen MR) is 142 cm³/mol. The minimum absolute atomic E-state index is 0.0754. The summed E-state index contributed by atoms with van der Waals surface area (Å²) in [4.78, 5) is 26.7. The maximum absolute atomic E-state index is 12.4. The Morgan fingerprint density at radius 2 is 1.89 bits per heavy atom. The molecule has 11 nitrogen and oxygen atoms in total. The molecule has 1 spiro atoms. The molecule has 0 bridgehead atoms. The number of benzene rings is 1. The summed E-state index contributed by atoms with van der Waals surface area (Å²) in [6, 6.07) is 10.2. The zero-order chi connectivity index (χ0) is 25.4. The van der Waals surface area contributed by atoms with Gasteiger partial charge in [0.05, 0.1) is 12.3 Å². The van der Waals surface area contributed by atoms with E-state index in [1.807, 2.05) is 12.1 Å². The smallest absolute Gasteiger partial charge is 0.271 e. The Balaban J connectivity index is 1.30. The molecule has 3 aromatic rings. The Morgan fingerprint density at radius 3 is 2.57 bits per heavy atom. The van der Waals surface area contributed by atoms with Gasteiger partial charge in [-0.1, -0.05) is 0 Å². The summed E-state index contributed by atoms with van der Waals surface area (Å²) in [5.74, 6) is 0.257. The van der Waals surface area contributed by atoms with Crippen LogP contribution in [0.15, 0.2) is 36.5 Å². The van der Waals surface area contributed by atoms with Gasteiger partial charge in [0.1, 0.15) is 5.69 Å². The lowest BCUT2D eigenvalue weighted by Crippen LogP contribution is -2.44. The van der Waals surface area contributed by atoms with Crippen molar-refractivity contribution in [2.24, 2.45) is 11.1 Å². The van der Waals surface area contributed by atoms with Gasteiger partial charge >= 0.3 is 0 Å². The van der Waals surface area contributed by atoms with Crippen molar-refractivity contribution in [3.63, 3.8) is 0 Å². The van der Waals surface area contributed by atoms with Crippen molar-refractivity contribution in [3.05, 3.63) is 42.2 Å². The number of amides is 1. The second kappa shape index (κ2) is 9.64. The van der Waals surface area contributed by atoms with E-state index >= 15 is 0 Å². The number of carbonyl (C=O) groups is 1. The van der Waals surface area contributed by atoms with E-state index in [0.717, 1.165) is 57.7 Å². The number of hydrogen-bond acceptors (Lipinski definition) is 9. The number of likely N-dealkylation sites (N-methyl/N-ethyl adjacent to an activating group) is 1. The fraction of sp³-hybridized carbons (Fsp3) is 0.462. The SMILES string of the molecule is CN1CCN(c2ccc(Nc3nc(NC4CCOCC45CC5)c(-c4ccn[nH]4)nc3C(N)=O)cc2)CC1. The van der Waals surface area contributed by atoms with E-state index in [0.29, 0.717) is 29.6 Å². The quantitative estimate of drug-likeness (QED) is 0.383. The van der Waals surface area contributed by atoms with Gasteiger partial charge in [-0.2, -0.15) is 5.10 Å². The number of rotatable bonds is 7. The molecule has 1 unspecified atom stereocenters. The molecule has 4 heterocycles. The van der Waals surface area contributed by atoms with Crippen molar-refractivity contribution >= 4 is 28.9 Å². The Kier molecular flexibility index (Phi) is 6.17. The molecule has 5 N–H and O–H groups in total. The number of piperazine rings is 1. The number of anilines is 4. The molecule has 2 aliphatic heterocycles. The third kappa shape index (κ3) is 4.84. The molecule has 6 rings (SSSR count). The van der Waals surface area contributed by atoms with E-state index < -0.39 is 5.91 Å². The molecule has 1 aromatic carbocycles. The third-order valence-electron chi connectivity index (χ3n) is 7.77. The highest BCUT2D eigenvalue weighted by atomic mass is 16.5. The van der Waals surface area contributed by atoms with Gasteiger partial charge in [-0.3, -0.25) is 9.89 Å². The molecular formula is C26H33N9O2. The molecule has 194 valence electrons. The number of aromatic amines is 1. The number of H-pyrrole nitrogens is 1. The van der Waals surface area contributed by atoms with E-state index in [-0.39, 0.29) is 17.2 Å². The first-order valence-corrected chi connectivity index (χ1v) is 12.9. The van der Waals surface area contributed by atoms with E-state index in [4.69, 9.17) is 15.5 Å². The molecule has 3 fully saturated rings. The summed E-state index contributed by atoms with van der Waals surface area (Å²) >= 11 is 0. The van der Waals surface area contributed by atoms with Crippen LogP contribution in [0, 0.1) is 5.41 Å². The lowest BCUT2D eigenvalue weighted by Gasteiger charge is -2.34. The number of nitrogens with one attached hydrogen (secondary N) is 3. The van der Waals surface area contributed by atoms with Crippen molar-refractivity contribution in [1.82, 2.24) is 25.1 Å². The van der Waals surface area contributed by atoms with Gasteiger partial charge in [0.2, 0.25) is 0 Å². The molecule has 3 aliphatic rings. The monoisotopic (exact) mass is 503 g/mol. The number of ether oxygens (including phenoxy) is 1. The van der Waals surface area contributed by atoms with E-state index in [1.165, 1.54) is 5.69 Å². The first-order valence-electron chi connectivity index (χ1n) is 12.9. The van der Waals surface area contributed by atoms with Crippen molar-refractivity contribution in [3.8, 4) is 11.4 Å². The lowest BCUT2D eigenvalue weighted by atomic mass is 9.92. The second-order valence-electron chi connectivity index (χ2n) is 10.3. The van der Waals surface area contributed by atoms with Crippen LogP contribution < -0.4 is 21.3 Å². The maximum Gasteiger partial charge on any atom is 0.271 e. The van der Waals surface area contributed by atoms with Crippen LogP contribution >= 0.6 is 0 Å². The van der Waals surface area contributed by atoms with Gasteiger partial charge in [-0.05, 0) is 56.6 Å². The molecule has 1 amide bonds. The van der Waals surface area contributed by atoms with Crippen molar-refractivity contribution in [1.29, 1.82) is 0 Å². The molecule has 37 heavy (non-hydrogen) atoms. The molecule has 2 aromatic heterocycles. The van der Waals surface area contributed by atoms with Crippen LogP contribution in [-0.4, -0.2) is 83.5 Å². The Morgan fingerprint density at radius 1 is 1.11 bits per heavy atom. The minimum atomic E-state index is -0.652. The molecular weight excluding hydrogens is 470 g/mol. The van der Waals surface area contributed by atoms with Gasteiger partial charge in [0, 0.05) is 61.8 Å².